The Morgan fingerprint density at radius 1 is 1.19 bits per heavy atom. The summed E-state index contributed by atoms with van der Waals surface area (Å²) in [5.41, 5.74) is 1.94. The lowest BCUT2D eigenvalue weighted by molar-refractivity contribution is -0.140. The number of carbonyl (C=O) groups is 2. The summed E-state index contributed by atoms with van der Waals surface area (Å²) in [7, 11) is 1.48. The number of aliphatic hydroxyl groups is 1. The van der Waals surface area contributed by atoms with E-state index in [0.717, 1.165) is 11.1 Å². The molecular weight excluding hydrogens is 396 g/mol. The van der Waals surface area contributed by atoms with E-state index >= 15 is 0 Å². The zero-order valence-corrected chi connectivity index (χ0v) is 17.5. The third-order valence-corrected chi connectivity index (χ3v) is 5.26. The van der Waals surface area contributed by atoms with Gasteiger partial charge in [-0.2, -0.15) is 0 Å². The minimum Gasteiger partial charge on any atom is -0.507 e. The molecule has 0 saturated carbocycles. The van der Waals surface area contributed by atoms with Gasteiger partial charge in [-0.15, -0.1) is 0 Å². The van der Waals surface area contributed by atoms with Gasteiger partial charge in [0.2, 0.25) is 0 Å². The maximum Gasteiger partial charge on any atom is 0.296 e. The number of ketones is 1. The van der Waals surface area contributed by atoms with Gasteiger partial charge in [-0.1, -0.05) is 17.7 Å². The van der Waals surface area contributed by atoms with E-state index < -0.39 is 17.7 Å². The Balaban J connectivity index is 1.89. The summed E-state index contributed by atoms with van der Waals surface area (Å²) in [5, 5.41) is 11.2. The van der Waals surface area contributed by atoms with Gasteiger partial charge < -0.3 is 19.2 Å². The Morgan fingerprint density at radius 3 is 2.65 bits per heavy atom. The maximum absolute atomic E-state index is 13.1. The van der Waals surface area contributed by atoms with Crippen LogP contribution in [-0.4, -0.2) is 33.8 Å². The molecule has 158 valence electrons. The van der Waals surface area contributed by atoms with Crippen LogP contribution in [0.15, 0.2) is 64.8 Å². The lowest BCUT2D eigenvalue weighted by Crippen LogP contribution is -2.29. The van der Waals surface area contributed by atoms with Crippen molar-refractivity contribution in [3.8, 4) is 5.75 Å². The van der Waals surface area contributed by atoms with Crippen LogP contribution in [0, 0.1) is 13.8 Å². The SMILES string of the molecule is COc1ccc(C)cc1/C(O)=C1\C(=O)C(=O)N(Cc2cccnc2)C1c1ccc(C)o1. The number of aliphatic hydroxyl groups excluding tert-OH is 1. The third kappa shape index (κ3) is 3.70. The van der Waals surface area contributed by atoms with E-state index in [1.165, 1.54) is 12.0 Å². The minimum absolute atomic E-state index is 0.0351. The van der Waals surface area contributed by atoms with Crippen LogP contribution in [-0.2, 0) is 16.1 Å². The average Bonchev–Trinajstić information content (AvgIpc) is 3.30. The molecule has 1 N–H and O–H groups in total. The quantitative estimate of drug-likeness (QED) is 0.384. The highest BCUT2D eigenvalue weighted by Gasteiger charge is 2.47. The smallest absolute Gasteiger partial charge is 0.296 e. The fourth-order valence-corrected chi connectivity index (χ4v) is 3.78. The monoisotopic (exact) mass is 418 g/mol. The molecular formula is C24H22N2O5. The molecule has 0 spiro atoms. The third-order valence-electron chi connectivity index (χ3n) is 5.26. The van der Waals surface area contributed by atoms with E-state index in [2.05, 4.69) is 4.98 Å². The van der Waals surface area contributed by atoms with Crippen molar-refractivity contribution in [2.75, 3.05) is 7.11 Å². The Bertz CT molecular complexity index is 1180. The summed E-state index contributed by atoms with van der Waals surface area (Å²) in [5.74, 6) is -0.355. The summed E-state index contributed by atoms with van der Waals surface area (Å²) in [6.45, 7) is 3.79. The van der Waals surface area contributed by atoms with Crippen LogP contribution in [0.5, 0.6) is 5.75 Å². The molecule has 1 aliphatic rings. The largest absolute Gasteiger partial charge is 0.507 e. The lowest BCUT2D eigenvalue weighted by atomic mass is 9.98. The van der Waals surface area contributed by atoms with E-state index in [-0.39, 0.29) is 17.9 Å². The average molecular weight is 418 g/mol. The number of carbonyl (C=O) groups excluding carboxylic acids is 2. The van der Waals surface area contributed by atoms with Crippen LogP contribution >= 0.6 is 0 Å². The predicted molar refractivity (Wildman–Crippen MR) is 113 cm³/mol. The number of methoxy groups -OCH3 is 1. The molecule has 1 saturated heterocycles. The van der Waals surface area contributed by atoms with Gasteiger partial charge in [0, 0.05) is 18.9 Å². The van der Waals surface area contributed by atoms with Gasteiger partial charge in [-0.25, -0.2) is 0 Å². The molecule has 1 unspecified atom stereocenters. The van der Waals surface area contributed by atoms with Gasteiger partial charge in [0.15, 0.2) is 0 Å². The summed E-state index contributed by atoms with van der Waals surface area (Å²) >= 11 is 0. The highest BCUT2D eigenvalue weighted by molar-refractivity contribution is 6.46. The number of aromatic nitrogens is 1. The molecule has 7 nitrogen and oxygen atoms in total. The first-order chi connectivity index (χ1) is 14.9. The second kappa shape index (κ2) is 8.10. The number of hydrogen-bond acceptors (Lipinski definition) is 6. The van der Waals surface area contributed by atoms with Gasteiger partial charge in [-0.05, 0) is 49.7 Å². The van der Waals surface area contributed by atoms with Crippen molar-refractivity contribution in [2.45, 2.75) is 26.4 Å². The number of aryl methyl sites for hydroxylation is 2. The van der Waals surface area contributed by atoms with Gasteiger partial charge in [0.05, 0.1) is 18.2 Å². The summed E-state index contributed by atoms with van der Waals surface area (Å²) in [6, 6.07) is 11.4. The van der Waals surface area contributed by atoms with Crippen LogP contribution in [0.3, 0.4) is 0 Å². The standard InChI is InChI=1S/C24H22N2O5/c1-14-6-8-18(30-3)17(11-14)22(27)20-21(19-9-7-15(2)31-19)26(24(29)23(20)28)13-16-5-4-10-25-12-16/h4-12,21,27H,13H2,1-3H3/b22-20+. The number of likely N-dealkylation sites (tertiary alicyclic amines) is 1. The number of rotatable bonds is 5. The van der Waals surface area contributed by atoms with Crippen molar-refractivity contribution in [1.82, 2.24) is 9.88 Å². The van der Waals surface area contributed by atoms with E-state index in [9.17, 15) is 14.7 Å². The molecule has 7 heteroatoms. The molecule has 3 heterocycles. The van der Waals surface area contributed by atoms with Crippen LogP contribution < -0.4 is 4.74 Å². The van der Waals surface area contributed by atoms with Crippen LogP contribution in [0.1, 0.15) is 34.3 Å². The molecule has 1 aliphatic heterocycles. The number of hydrogen-bond donors (Lipinski definition) is 1. The van der Waals surface area contributed by atoms with Crippen molar-refractivity contribution < 1.29 is 23.8 Å². The second-order valence-electron chi connectivity index (χ2n) is 7.44. The molecule has 0 aliphatic carbocycles. The van der Waals surface area contributed by atoms with E-state index in [4.69, 9.17) is 9.15 Å². The van der Waals surface area contributed by atoms with Gasteiger partial charge in [-0.3, -0.25) is 14.6 Å². The number of amides is 1. The molecule has 0 radical (unpaired) electrons. The number of Topliss-reactive ketones (excluding diaryl/α,β-unsaturated/α-hetero) is 1. The highest BCUT2D eigenvalue weighted by atomic mass is 16.5. The van der Waals surface area contributed by atoms with Crippen molar-refractivity contribution in [2.24, 2.45) is 0 Å². The molecule has 31 heavy (non-hydrogen) atoms. The first kappa shape index (κ1) is 20.4. The number of benzene rings is 1. The second-order valence-corrected chi connectivity index (χ2v) is 7.44. The van der Waals surface area contributed by atoms with E-state index in [0.29, 0.717) is 22.8 Å². The number of pyridine rings is 1. The molecule has 4 rings (SSSR count). The molecule has 0 bridgehead atoms. The zero-order chi connectivity index (χ0) is 22.1. The normalized spacial score (nSPS) is 17.9. The summed E-state index contributed by atoms with van der Waals surface area (Å²) < 4.78 is 11.2. The van der Waals surface area contributed by atoms with Crippen molar-refractivity contribution in [3.63, 3.8) is 0 Å². The molecule has 1 aromatic carbocycles. The van der Waals surface area contributed by atoms with Crippen LogP contribution in [0.2, 0.25) is 0 Å². The van der Waals surface area contributed by atoms with Crippen molar-refractivity contribution in [1.29, 1.82) is 0 Å². The lowest BCUT2D eigenvalue weighted by Gasteiger charge is -2.23. The number of ether oxygens (including phenoxy) is 1. The van der Waals surface area contributed by atoms with Crippen molar-refractivity contribution in [3.05, 3.63) is 88.6 Å². The fourth-order valence-electron chi connectivity index (χ4n) is 3.78. The molecule has 1 fully saturated rings. The first-order valence-electron chi connectivity index (χ1n) is 9.79. The highest BCUT2D eigenvalue weighted by Crippen LogP contribution is 2.42. The van der Waals surface area contributed by atoms with Crippen molar-refractivity contribution >= 4 is 17.4 Å². The Morgan fingerprint density at radius 2 is 2.00 bits per heavy atom. The van der Waals surface area contributed by atoms with Gasteiger partial charge >= 0.3 is 0 Å². The van der Waals surface area contributed by atoms with Gasteiger partial charge in [0.25, 0.3) is 11.7 Å². The molecule has 1 atom stereocenters. The van der Waals surface area contributed by atoms with E-state index in [1.807, 2.05) is 19.1 Å². The Labute approximate surface area is 179 Å². The Kier molecular flexibility index (Phi) is 5.33. The van der Waals surface area contributed by atoms with E-state index in [1.54, 1.807) is 49.6 Å². The first-order valence-corrected chi connectivity index (χ1v) is 9.79. The molecule has 2 aromatic heterocycles. The number of nitrogens with zero attached hydrogens (tertiary/aromatic N) is 2. The minimum atomic E-state index is -0.876. The summed E-state index contributed by atoms with van der Waals surface area (Å²) in [4.78, 5) is 31.6. The van der Waals surface area contributed by atoms with Gasteiger partial charge in [0.1, 0.15) is 29.1 Å². The zero-order valence-electron chi connectivity index (χ0n) is 17.5. The predicted octanol–water partition coefficient (Wildman–Crippen LogP) is 3.92. The fraction of sp³-hybridized carbons (Fsp3) is 0.208. The topological polar surface area (TPSA) is 92.9 Å². The maximum atomic E-state index is 13.1. The molecule has 1 amide bonds. The molecule has 3 aromatic rings. The van der Waals surface area contributed by atoms with Crippen LogP contribution in [0.25, 0.3) is 5.76 Å². The summed E-state index contributed by atoms with van der Waals surface area (Å²) in [6.07, 6.45) is 3.27. The Hall–Kier alpha value is -3.87. The number of furan rings is 1. The van der Waals surface area contributed by atoms with Crippen LogP contribution in [0.4, 0.5) is 0 Å².